The largest absolute Gasteiger partial charge is 0.287 e. The lowest BCUT2D eigenvalue weighted by Gasteiger charge is -2.10. The fourth-order valence-corrected chi connectivity index (χ4v) is 3.14. The molecule has 1 aromatic heterocycles. The van der Waals surface area contributed by atoms with E-state index in [1.165, 1.54) is 23.5 Å². The Morgan fingerprint density at radius 2 is 2.35 bits per heavy atom. The zero-order chi connectivity index (χ0) is 12.0. The number of nitrogens with zero attached hydrogens (tertiary/aromatic N) is 2. The highest BCUT2D eigenvalue weighted by atomic mass is 35.5. The average molecular weight is 271 g/mol. The molecule has 0 saturated carbocycles. The fourth-order valence-electron chi connectivity index (χ4n) is 1.85. The summed E-state index contributed by atoms with van der Waals surface area (Å²) in [6.45, 7) is 0.475. The second-order valence-electron chi connectivity index (χ2n) is 3.91. The maximum atomic E-state index is 13.0. The monoisotopic (exact) mass is 270 g/mol. The van der Waals surface area contributed by atoms with Crippen molar-refractivity contribution in [2.75, 3.05) is 11.4 Å². The van der Waals surface area contributed by atoms with Gasteiger partial charge in [-0.2, -0.15) is 0 Å². The average Bonchev–Trinajstić information content (AvgIpc) is 2.80. The van der Waals surface area contributed by atoms with E-state index in [2.05, 4.69) is 4.98 Å². The molecule has 1 unspecified atom stereocenters. The zero-order valence-corrected chi connectivity index (χ0v) is 10.3. The van der Waals surface area contributed by atoms with Gasteiger partial charge in [-0.25, -0.2) is 9.37 Å². The van der Waals surface area contributed by atoms with Crippen LogP contribution in [0.2, 0.25) is 0 Å². The Bertz CT molecular complexity index is 600. The summed E-state index contributed by atoms with van der Waals surface area (Å²) in [5.41, 5.74) is 0.706. The van der Waals surface area contributed by atoms with Gasteiger partial charge in [0.1, 0.15) is 5.82 Å². The maximum absolute atomic E-state index is 13.0. The van der Waals surface area contributed by atoms with E-state index in [0.29, 0.717) is 23.6 Å². The van der Waals surface area contributed by atoms with Crippen LogP contribution in [-0.4, -0.2) is 22.8 Å². The summed E-state index contributed by atoms with van der Waals surface area (Å²) >= 11 is 7.24. The van der Waals surface area contributed by atoms with Crippen LogP contribution in [0.1, 0.15) is 6.42 Å². The molecule has 1 amide bonds. The highest BCUT2D eigenvalue weighted by Crippen LogP contribution is 2.32. The van der Waals surface area contributed by atoms with Crippen LogP contribution in [0, 0.1) is 5.82 Å². The molecule has 0 radical (unpaired) electrons. The molecule has 2 heterocycles. The fraction of sp³-hybridized carbons (Fsp3) is 0.273. The van der Waals surface area contributed by atoms with Gasteiger partial charge in [0.25, 0.3) is 0 Å². The second kappa shape index (κ2) is 3.92. The van der Waals surface area contributed by atoms with Gasteiger partial charge in [0, 0.05) is 13.0 Å². The lowest BCUT2D eigenvalue weighted by atomic mass is 10.3. The van der Waals surface area contributed by atoms with Gasteiger partial charge in [0.2, 0.25) is 5.91 Å². The van der Waals surface area contributed by atoms with Gasteiger partial charge in [-0.15, -0.1) is 11.6 Å². The Morgan fingerprint density at radius 3 is 3.06 bits per heavy atom. The van der Waals surface area contributed by atoms with Crippen LogP contribution in [-0.2, 0) is 4.79 Å². The predicted molar refractivity (Wildman–Crippen MR) is 66.2 cm³/mol. The minimum Gasteiger partial charge on any atom is -0.287 e. The molecular formula is C11H8ClFN2OS. The van der Waals surface area contributed by atoms with E-state index in [-0.39, 0.29) is 17.1 Å². The third-order valence-corrected chi connectivity index (χ3v) is 3.98. The first-order valence-electron chi connectivity index (χ1n) is 5.14. The highest BCUT2D eigenvalue weighted by molar-refractivity contribution is 7.22. The van der Waals surface area contributed by atoms with Crippen LogP contribution in [0.25, 0.3) is 10.2 Å². The molecule has 0 aliphatic carbocycles. The number of hydrogen-bond acceptors (Lipinski definition) is 3. The number of carbonyl (C=O) groups is 1. The number of alkyl halides is 1. The lowest BCUT2D eigenvalue weighted by molar-refractivity contribution is -0.117. The highest BCUT2D eigenvalue weighted by Gasteiger charge is 2.31. The minimum absolute atomic E-state index is 0.0236. The molecule has 2 aromatic rings. The Balaban J connectivity index is 2.03. The van der Waals surface area contributed by atoms with Crippen molar-refractivity contribution in [3.8, 4) is 0 Å². The third kappa shape index (κ3) is 1.89. The number of thiazole rings is 1. The number of carbonyl (C=O) groups excluding carboxylic acids is 1. The maximum Gasteiger partial charge on any atom is 0.230 e. The molecule has 1 fully saturated rings. The first-order chi connectivity index (χ1) is 8.13. The molecule has 1 aliphatic heterocycles. The Labute approximate surface area is 106 Å². The van der Waals surface area contributed by atoms with Crippen molar-refractivity contribution in [3.63, 3.8) is 0 Å². The number of amides is 1. The van der Waals surface area contributed by atoms with Crippen LogP contribution in [0.5, 0.6) is 0 Å². The van der Waals surface area contributed by atoms with Gasteiger partial charge in [-0.05, 0) is 18.2 Å². The van der Waals surface area contributed by atoms with Crippen molar-refractivity contribution in [1.82, 2.24) is 4.98 Å². The summed E-state index contributed by atoms with van der Waals surface area (Å²) in [5, 5.41) is 0.435. The van der Waals surface area contributed by atoms with Gasteiger partial charge < -0.3 is 0 Å². The van der Waals surface area contributed by atoms with Crippen molar-refractivity contribution >= 4 is 44.2 Å². The van der Waals surface area contributed by atoms with Gasteiger partial charge >= 0.3 is 0 Å². The Hall–Kier alpha value is -1.20. The number of fused-ring (bicyclic) bond motifs is 1. The molecule has 17 heavy (non-hydrogen) atoms. The van der Waals surface area contributed by atoms with E-state index >= 15 is 0 Å². The smallest absolute Gasteiger partial charge is 0.230 e. The Kier molecular flexibility index (Phi) is 2.52. The number of hydrogen-bond donors (Lipinski definition) is 0. The number of anilines is 1. The van der Waals surface area contributed by atoms with Crippen LogP contribution in [0.3, 0.4) is 0 Å². The molecule has 3 rings (SSSR count). The summed E-state index contributed by atoms with van der Waals surface area (Å²) < 4.78 is 13.8. The van der Waals surface area contributed by atoms with Crippen molar-refractivity contribution in [2.24, 2.45) is 0 Å². The molecule has 6 heteroatoms. The quantitative estimate of drug-likeness (QED) is 0.747. The molecule has 0 N–H and O–H groups in total. The van der Waals surface area contributed by atoms with E-state index in [9.17, 15) is 9.18 Å². The molecule has 88 valence electrons. The van der Waals surface area contributed by atoms with Crippen molar-refractivity contribution < 1.29 is 9.18 Å². The van der Waals surface area contributed by atoms with E-state index in [4.69, 9.17) is 11.6 Å². The van der Waals surface area contributed by atoms with Gasteiger partial charge in [0.15, 0.2) is 5.13 Å². The number of benzene rings is 1. The normalized spacial score (nSPS) is 20.5. The SMILES string of the molecule is O=C1CC(Cl)CN1c1nc2ccc(F)cc2s1. The first-order valence-corrected chi connectivity index (χ1v) is 6.39. The summed E-state index contributed by atoms with van der Waals surface area (Å²) in [4.78, 5) is 17.6. The molecule has 1 atom stereocenters. The molecular weight excluding hydrogens is 263 g/mol. The summed E-state index contributed by atoms with van der Waals surface area (Å²) in [7, 11) is 0. The third-order valence-electron chi connectivity index (χ3n) is 2.65. The van der Waals surface area contributed by atoms with Crippen LogP contribution in [0.15, 0.2) is 18.2 Å². The van der Waals surface area contributed by atoms with E-state index in [1.807, 2.05) is 0 Å². The van der Waals surface area contributed by atoms with Crippen molar-refractivity contribution in [1.29, 1.82) is 0 Å². The number of aromatic nitrogens is 1. The van der Waals surface area contributed by atoms with Crippen molar-refractivity contribution in [3.05, 3.63) is 24.0 Å². The Morgan fingerprint density at radius 1 is 1.53 bits per heavy atom. The summed E-state index contributed by atoms with van der Waals surface area (Å²) in [6.07, 6.45) is 0.339. The van der Waals surface area contributed by atoms with Crippen LogP contribution >= 0.6 is 22.9 Å². The van der Waals surface area contributed by atoms with E-state index in [1.54, 1.807) is 11.0 Å². The molecule has 0 spiro atoms. The predicted octanol–water partition coefficient (Wildman–Crippen LogP) is 2.78. The van der Waals surface area contributed by atoms with Crippen LogP contribution < -0.4 is 4.90 Å². The second-order valence-corrected chi connectivity index (χ2v) is 5.54. The zero-order valence-electron chi connectivity index (χ0n) is 8.69. The topological polar surface area (TPSA) is 33.2 Å². The lowest BCUT2D eigenvalue weighted by Crippen LogP contribution is -2.24. The first kappa shape index (κ1) is 10.9. The molecule has 1 aliphatic rings. The van der Waals surface area contributed by atoms with E-state index in [0.717, 1.165) is 4.70 Å². The summed E-state index contributed by atoms with van der Waals surface area (Å²) in [5.74, 6) is -0.319. The minimum atomic E-state index is -0.296. The number of halogens is 2. The molecule has 1 saturated heterocycles. The molecule has 3 nitrogen and oxygen atoms in total. The van der Waals surface area contributed by atoms with Gasteiger partial charge in [-0.3, -0.25) is 9.69 Å². The van der Waals surface area contributed by atoms with Gasteiger partial charge in [-0.1, -0.05) is 11.3 Å². The molecule has 0 bridgehead atoms. The van der Waals surface area contributed by atoms with E-state index < -0.39 is 0 Å². The van der Waals surface area contributed by atoms with Crippen LogP contribution in [0.4, 0.5) is 9.52 Å². The molecule has 1 aromatic carbocycles. The van der Waals surface area contributed by atoms with Crippen molar-refractivity contribution in [2.45, 2.75) is 11.8 Å². The van der Waals surface area contributed by atoms with Gasteiger partial charge in [0.05, 0.1) is 15.6 Å². The summed E-state index contributed by atoms with van der Waals surface area (Å²) in [6, 6.07) is 4.40. The number of rotatable bonds is 1. The standard InChI is InChI=1S/C11H8ClFN2OS/c12-6-3-10(16)15(5-6)11-14-8-2-1-7(13)4-9(8)17-11/h1-2,4,6H,3,5H2.